The molecule has 1 saturated carbocycles. The minimum absolute atomic E-state index is 0.000234. The number of nitrogens with one attached hydrogen (secondary N) is 1. The number of nitrogens with zero attached hydrogens (tertiary/aromatic N) is 1. The fraction of sp³-hybridized carbons (Fsp3) is 0.600. The number of aromatic nitrogens is 1. The lowest BCUT2D eigenvalue weighted by Gasteiger charge is -2.28. The van der Waals surface area contributed by atoms with Gasteiger partial charge in [-0.2, -0.15) is 13.2 Å². The van der Waals surface area contributed by atoms with Gasteiger partial charge in [0.1, 0.15) is 0 Å². The molecule has 0 radical (unpaired) electrons. The first-order chi connectivity index (χ1) is 11.1. The Hall–Kier alpha value is -1.87. The molecule has 1 aromatic heterocycles. The lowest BCUT2D eigenvalue weighted by atomic mass is 9.86. The Morgan fingerprint density at radius 3 is 2.46 bits per heavy atom. The number of amides is 1. The molecule has 2 rings (SSSR count). The molecule has 0 aromatic carbocycles. The summed E-state index contributed by atoms with van der Waals surface area (Å²) >= 11 is 0. The second kappa shape index (κ2) is 6.94. The van der Waals surface area contributed by atoms with Crippen LogP contribution in [0.3, 0.4) is 0 Å². The van der Waals surface area contributed by atoms with E-state index in [0.29, 0.717) is 6.20 Å². The molecule has 6 nitrogen and oxygen atoms in total. The van der Waals surface area contributed by atoms with Crippen molar-refractivity contribution in [3.63, 3.8) is 0 Å². The van der Waals surface area contributed by atoms with Crippen molar-refractivity contribution in [2.75, 3.05) is 13.2 Å². The second-order valence-electron chi connectivity index (χ2n) is 6.12. The number of hydrogen-bond acceptors (Lipinski definition) is 5. The summed E-state index contributed by atoms with van der Waals surface area (Å²) in [5.74, 6) is -0.265. The number of carbonyl (C=O) groups excluding carboxylic acids is 1. The number of alkyl halides is 3. The molecule has 0 bridgehead atoms. The van der Waals surface area contributed by atoms with Crippen LogP contribution in [0.25, 0.3) is 0 Å². The lowest BCUT2D eigenvalue weighted by Crippen LogP contribution is -2.39. The SMILES string of the molecule is CC(=O)NCC1(COc2ccc(C(F)(F)F)cn2)C[C@@H](O)[C@@H](O)C1. The number of hydrogen-bond donors (Lipinski definition) is 3. The Morgan fingerprint density at radius 1 is 1.38 bits per heavy atom. The standard InChI is InChI=1S/C15H19F3N2O4/c1-9(21)20-7-14(4-11(22)12(23)5-14)8-24-13-3-2-10(6-19-13)15(16,17)18/h2-3,6,11-12,22-23H,4-5,7-8H2,1H3,(H,20,21)/t11-,12+,14?. The van der Waals surface area contributed by atoms with Gasteiger partial charge in [-0.05, 0) is 18.9 Å². The summed E-state index contributed by atoms with van der Waals surface area (Å²) in [6.07, 6.45) is -5.28. The highest BCUT2D eigenvalue weighted by Gasteiger charge is 2.45. The maximum Gasteiger partial charge on any atom is 0.417 e. The smallest absolute Gasteiger partial charge is 0.417 e. The third-order valence-electron chi connectivity index (χ3n) is 4.03. The van der Waals surface area contributed by atoms with Crippen molar-refractivity contribution < 1.29 is 32.9 Å². The number of halogens is 3. The van der Waals surface area contributed by atoms with Crippen molar-refractivity contribution in [3.8, 4) is 5.88 Å². The molecule has 3 N–H and O–H groups in total. The molecule has 0 aliphatic heterocycles. The van der Waals surface area contributed by atoms with E-state index in [9.17, 15) is 28.2 Å². The molecular formula is C15H19F3N2O4. The highest BCUT2D eigenvalue weighted by molar-refractivity contribution is 5.72. The Bertz CT molecular complexity index is 567. The van der Waals surface area contributed by atoms with Crippen LogP contribution < -0.4 is 10.1 Å². The second-order valence-corrected chi connectivity index (χ2v) is 6.12. The van der Waals surface area contributed by atoms with Crippen LogP contribution in [-0.2, 0) is 11.0 Å². The highest BCUT2D eigenvalue weighted by Crippen LogP contribution is 2.38. The van der Waals surface area contributed by atoms with E-state index in [1.165, 1.54) is 6.92 Å². The number of carbonyl (C=O) groups is 1. The van der Waals surface area contributed by atoms with Crippen LogP contribution in [0, 0.1) is 5.41 Å². The fourth-order valence-electron chi connectivity index (χ4n) is 2.73. The molecule has 24 heavy (non-hydrogen) atoms. The van der Waals surface area contributed by atoms with Gasteiger partial charge < -0.3 is 20.3 Å². The lowest BCUT2D eigenvalue weighted by molar-refractivity contribution is -0.137. The molecule has 1 aliphatic rings. The van der Waals surface area contributed by atoms with Crippen molar-refractivity contribution >= 4 is 5.91 Å². The van der Waals surface area contributed by atoms with E-state index in [1.807, 2.05) is 0 Å². The van der Waals surface area contributed by atoms with Crippen molar-refractivity contribution in [2.24, 2.45) is 5.41 Å². The summed E-state index contributed by atoms with van der Waals surface area (Å²) in [6, 6.07) is 1.97. The number of aliphatic hydroxyl groups excluding tert-OH is 2. The van der Waals surface area contributed by atoms with Crippen LogP contribution in [-0.4, -0.2) is 46.5 Å². The fourth-order valence-corrected chi connectivity index (χ4v) is 2.73. The predicted octanol–water partition coefficient (Wildman–Crippen LogP) is 1.12. The van der Waals surface area contributed by atoms with E-state index in [2.05, 4.69) is 10.3 Å². The summed E-state index contributed by atoms with van der Waals surface area (Å²) in [7, 11) is 0. The van der Waals surface area contributed by atoms with Crippen molar-refractivity contribution in [1.82, 2.24) is 10.3 Å². The summed E-state index contributed by atoms with van der Waals surface area (Å²) in [5, 5.41) is 22.1. The highest BCUT2D eigenvalue weighted by atomic mass is 19.4. The molecular weight excluding hydrogens is 329 g/mol. The monoisotopic (exact) mass is 348 g/mol. The summed E-state index contributed by atoms with van der Waals surface area (Å²) in [5.41, 5.74) is -1.59. The average Bonchev–Trinajstić information content (AvgIpc) is 2.78. The number of pyridine rings is 1. The Balaban J connectivity index is 2.04. The summed E-state index contributed by atoms with van der Waals surface area (Å²) < 4.78 is 42.9. The molecule has 0 saturated heterocycles. The molecule has 3 atom stereocenters. The van der Waals surface area contributed by atoms with Gasteiger partial charge in [0, 0.05) is 31.1 Å². The largest absolute Gasteiger partial charge is 0.477 e. The third-order valence-corrected chi connectivity index (χ3v) is 4.03. The van der Waals surface area contributed by atoms with Gasteiger partial charge >= 0.3 is 6.18 Å². The van der Waals surface area contributed by atoms with Gasteiger partial charge in [-0.25, -0.2) is 4.98 Å². The van der Waals surface area contributed by atoms with Crippen molar-refractivity contribution in [3.05, 3.63) is 23.9 Å². The number of aliphatic hydroxyl groups is 2. The Labute approximate surface area is 136 Å². The number of ether oxygens (including phenoxy) is 1. The van der Waals surface area contributed by atoms with Crippen LogP contribution in [0.15, 0.2) is 18.3 Å². The van der Waals surface area contributed by atoms with E-state index in [4.69, 9.17) is 4.74 Å². The molecule has 1 fully saturated rings. The molecule has 1 aliphatic carbocycles. The van der Waals surface area contributed by atoms with Gasteiger partial charge in [-0.3, -0.25) is 4.79 Å². The Kier molecular flexibility index (Phi) is 5.34. The first kappa shape index (κ1) is 18.5. The van der Waals surface area contributed by atoms with E-state index in [0.717, 1.165) is 12.1 Å². The molecule has 1 aromatic rings. The molecule has 1 unspecified atom stereocenters. The topological polar surface area (TPSA) is 91.7 Å². The first-order valence-corrected chi connectivity index (χ1v) is 7.38. The molecule has 1 heterocycles. The zero-order valence-corrected chi connectivity index (χ0v) is 13.0. The minimum Gasteiger partial charge on any atom is -0.477 e. The van der Waals surface area contributed by atoms with E-state index < -0.39 is 29.4 Å². The molecule has 1 amide bonds. The molecule has 134 valence electrons. The molecule has 9 heteroatoms. The van der Waals surface area contributed by atoms with Crippen LogP contribution in [0.1, 0.15) is 25.3 Å². The van der Waals surface area contributed by atoms with Crippen LogP contribution >= 0.6 is 0 Å². The van der Waals surface area contributed by atoms with Crippen LogP contribution in [0.2, 0.25) is 0 Å². The summed E-state index contributed by atoms with van der Waals surface area (Å²) in [4.78, 5) is 14.7. The van der Waals surface area contributed by atoms with Gasteiger partial charge in [-0.15, -0.1) is 0 Å². The van der Waals surface area contributed by atoms with Crippen molar-refractivity contribution in [2.45, 2.75) is 38.1 Å². The average molecular weight is 348 g/mol. The first-order valence-electron chi connectivity index (χ1n) is 7.38. The van der Waals surface area contributed by atoms with Crippen LogP contribution in [0.4, 0.5) is 13.2 Å². The molecule has 0 spiro atoms. The van der Waals surface area contributed by atoms with Gasteiger partial charge in [0.25, 0.3) is 0 Å². The maximum absolute atomic E-state index is 12.5. The predicted molar refractivity (Wildman–Crippen MR) is 77.1 cm³/mol. The number of rotatable bonds is 5. The van der Waals surface area contributed by atoms with Gasteiger partial charge in [0.15, 0.2) is 0 Å². The van der Waals surface area contributed by atoms with Gasteiger partial charge in [0.2, 0.25) is 11.8 Å². The zero-order chi connectivity index (χ0) is 18.0. The quantitative estimate of drug-likeness (QED) is 0.742. The normalized spacial score (nSPS) is 27.1. The maximum atomic E-state index is 12.5. The summed E-state index contributed by atoms with van der Waals surface area (Å²) in [6.45, 7) is 1.52. The minimum atomic E-state index is -4.47. The van der Waals surface area contributed by atoms with E-state index in [-0.39, 0.29) is 37.8 Å². The van der Waals surface area contributed by atoms with Crippen molar-refractivity contribution in [1.29, 1.82) is 0 Å². The zero-order valence-electron chi connectivity index (χ0n) is 13.0. The van der Waals surface area contributed by atoms with Crippen LogP contribution in [0.5, 0.6) is 5.88 Å². The van der Waals surface area contributed by atoms with E-state index in [1.54, 1.807) is 0 Å². The Morgan fingerprint density at radius 2 is 2.00 bits per heavy atom. The third kappa shape index (κ3) is 4.57. The van der Waals surface area contributed by atoms with Gasteiger partial charge in [-0.1, -0.05) is 0 Å². The van der Waals surface area contributed by atoms with E-state index >= 15 is 0 Å². The van der Waals surface area contributed by atoms with Gasteiger partial charge in [0.05, 0.1) is 24.4 Å².